The van der Waals surface area contributed by atoms with Gasteiger partial charge in [-0.3, -0.25) is 9.69 Å². The summed E-state index contributed by atoms with van der Waals surface area (Å²) in [6.45, 7) is 6.87. The van der Waals surface area contributed by atoms with Gasteiger partial charge in [0.05, 0.1) is 6.54 Å². The molecule has 0 aliphatic carbocycles. The van der Waals surface area contributed by atoms with Crippen molar-refractivity contribution in [3.05, 3.63) is 0 Å². The van der Waals surface area contributed by atoms with Gasteiger partial charge in [-0.05, 0) is 33.5 Å². The second-order valence-electron chi connectivity index (χ2n) is 5.75. The van der Waals surface area contributed by atoms with E-state index in [9.17, 15) is 4.79 Å². The Kier molecular flexibility index (Phi) is 4.97. The molecule has 0 bridgehead atoms. The lowest BCUT2D eigenvalue weighted by molar-refractivity contribution is -0.123. The number of piperidine rings is 1. The summed E-state index contributed by atoms with van der Waals surface area (Å²) in [5.41, 5.74) is 0. The van der Waals surface area contributed by atoms with Crippen molar-refractivity contribution in [3.8, 4) is 0 Å². The van der Waals surface area contributed by atoms with Crippen LogP contribution in [0.2, 0.25) is 0 Å². The predicted molar refractivity (Wildman–Crippen MR) is 72.6 cm³/mol. The zero-order valence-corrected chi connectivity index (χ0v) is 11.7. The molecule has 0 aromatic rings. The van der Waals surface area contributed by atoms with Crippen molar-refractivity contribution in [2.75, 3.05) is 59.9 Å². The quantitative estimate of drug-likeness (QED) is 0.733. The third-order valence-electron chi connectivity index (χ3n) is 3.95. The average molecular weight is 254 g/mol. The van der Waals surface area contributed by atoms with E-state index in [0.29, 0.717) is 12.6 Å². The molecular weight excluding hydrogens is 228 g/mol. The summed E-state index contributed by atoms with van der Waals surface area (Å²) in [7, 11) is 4.26. The number of hydrogen-bond acceptors (Lipinski definition) is 4. The van der Waals surface area contributed by atoms with Crippen LogP contribution in [0.15, 0.2) is 0 Å². The van der Waals surface area contributed by atoms with Crippen LogP contribution in [0.5, 0.6) is 0 Å². The minimum Gasteiger partial charge on any atom is -0.351 e. The fraction of sp³-hybridized carbons (Fsp3) is 0.923. The SMILES string of the molecule is CN1CCN(CC(=O)NC2CCCN(C)C2)CC1. The molecule has 2 heterocycles. The van der Waals surface area contributed by atoms with E-state index in [1.54, 1.807) is 0 Å². The first-order valence-electron chi connectivity index (χ1n) is 7.02. The molecule has 1 atom stereocenters. The minimum atomic E-state index is 0.194. The van der Waals surface area contributed by atoms with Gasteiger partial charge in [0.25, 0.3) is 0 Å². The average Bonchev–Trinajstić information content (AvgIpc) is 2.32. The standard InChI is InChI=1S/C13H26N4O/c1-15-6-8-17(9-7-15)11-13(18)14-12-4-3-5-16(2)10-12/h12H,3-11H2,1-2H3,(H,14,18). The van der Waals surface area contributed by atoms with E-state index >= 15 is 0 Å². The Bertz CT molecular complexity index is 276. The highest BCUT2D eigenvalue weighted by molar-refractivity contribution is 5.78. The van der Waals surface area contributed by atoms with Crippen LogP contribution in [-0.2, 0) is 4.79 Å². The Morgan fingerprint density at radius 2 is 1.83 bits per heavy atom. The molecular formula is C13H26N4O. The van der Waals surface area contributed by atoms with Crippen molar-refractivity contribution in [1.82, 2.24) is 20.0 Å². The Labute approximate surface area is 110 Å². The van der Waals surface area contributed by atoms with Gasteiger partial charge >= 0.3 is 0 Å². The third-order valence-corrected chi connectivity index (χ3v) is 3.95. The van der Waals surface area contributed by atoms with Gasteiger partial charge in [-0.2, -0.15) is 0 Å². The highest BCUT2D eigenvalue weighted by atomic mass is 16.2. The molecule has 1 unspecified atom stereocenters. The minimum absolute atomic E-state index is 0.194. The highest BCUT2D eigenvalue weighted by Crippen LogP contribution is 2.08. The van der Waals surface area contributed by atoms with Crippen molar-refractivity contribution in [3.63, 3.8) is 0 Å². The van der Waals surface area contributed by atoms with Gasteiger partial charge in [-0.1, -0.05) is 0 Å². The molecule has 104 valence electrons. The second kappa shape index (κ2) is 6.50. The van der Waals surface area contributed by atoms with E-state index in [1.807, 2.05) is 0 Å². The topological polar surface area (TPSA) is 38.8 Å². The van der Waals surface area contributed by atoms with Crippen LogP contribution in [0, 0.1) is 0 Å². The largest absolute Gasteiger partial charge is 0.351 e. The molecule has 0 radical (unpaired) electrons. The van der Waals surface area contributed by atoms with E-state index in [0.717, 1.165) is 45.7 Å². The highest BCUT2D eigenvalue weighted by Gasteiger charge is 2.21. The number of amides is 1. The number of rotatable bonds is 3. The summed E-state index contributed by atoms with van der Waals surface area (Å²) in [6, 6.07) is 0.351. The van der Waals surface area contributed by atoms with Crippen LogP contribution in [0.1, 0.15) is 12.8 Å². The van der Waals surface area contributed by atoms with Crippen LogP contribution >= 0.6 is 0 Å². The first-order chi connectivity index (χ1) is 8.63. The molecule has 2 rings (SSSR count). The molecule has 0 aromatic heterocycles. The Hall–Kier alpha value is -0.650. The molecule has 5 heteroatoms. The van der Waals surface area contributed by atoms with Crippen LogP contribution < -0.4 is 5.32 Å². The van der Waals surface area contributed by atoms with Crippen LogP contribution in [0.25, 0.3) is 0 Å². The van der Waals surface area contributed by atoms with Gasteiger partial charge in [-0.15, -0.1) is 0 Å². The summed E-state index contributed by atoms with van der Waals surface area (Å²) in [5, 5.41) is 3.17. The lowest BCUT2D eigenvalue weighted by Crippen LogP contribution is -2.51. The number of piperazine rings is 1. The molecule has 0 aromatic carbocycles. The van der Waals surface area contributed by atoms with Crippen molar-refractivity contribution in [2.24, 2.45) is 0 Å². The molecule has 2 aliphatic rings. The van der Waals surface area contributed by atoms with E-state index in [4.69, 9.17) is 0 Å². The van der Waals surface area contributed by atoms with Crippen molar-refractivity contribution < 1.29 is 4.79 Å². The van der Waals surface area contributed by atoms with Gasteiger partial charge < -0.3 is 15.1 Å². The molecule has 1 N–H and O–H groups in total. The number of likely N-dealkylation sites (N-methyl/N-ethyl adjacent to an activating group) is 2. The number of hydrogen-bond donors (Lipinski definition) is 1. The summed E-state index contributed by atoms with van der Waals surface area (Å²) < 4.78 is 0. The molecule has 5 nitrogen and oxygen atoms in total. The van der Waals surface area contributed by atoms with E-state index in [1.165, 1.54) is 6.42 Å². The molecule has 2 fully saturated rings. The number of carbonyl (C=O) groups excluding carboxylic acids is 1. The molecule has 1 amide bonds. The second-order valence-corrected chi connectivity index (χ2v) is 5.75. The lowest BCUT2D eigenvalue weighted by atomic mass is 10.1. The maximum Gasteiger partial charge on any atom is 0.234 e. The molecule has 0 spiro atoms. The maximum absolute atomic E-state index is 12.0. The fourth-order valence-electron chi connectivity index (χ4n) is 2.77. The van der Waals surface area contributed by atoms with E-state index in [-0.39, 0.29) is 5.91 Å². The zero-order valence-electron chi connectivity index (χ0n) is 11.7. The molecule has 0 saturated carbocycles. The lowest BCUT2D eigenvalue weighted by Gasteiger charge is -2.33. The maximum atomic E-state index is 12.0. The van der Waals surface area contributed by atoms with Gasteiger partial charge in [0.1, 0.15) is 0 Å². The summed E-state index contributed by atoms with van der Waals surface area (Å²) in [4.78, 5) is 18.8. The third kappa shape index (κ3) is 4.23. The molecule has 18 heavy (non-hydrogen) atoms. The van der Waals surface area contributed by atoms with Crippen LogP contribution in [0.4, 0.5) is 0 Å². The van der Waals surface area contributed by atoms with Gasteiger partial charge in [0, 0.05) is 38.8 Å². The summed E-state index contributed by atoms with van der Waals surface area (Å²) in [5.74, 6) is 0.194. The first-order valence-corrected chi connectivity index (χ1v) is 7.02. The smallest absolute Gasteiger partial charge is 0.234 e. The Balaban J connectivity index is 1.68. The van der Waals surface area contributed by atoms with Crippen molar-refractivity contribution in [1.29, 1.82) is 0 Å². The molecule has 2 aliphatic heterocycles. The van der Waals surface area contributed by atoms with E-state index in [2.05, 4.69) is 34.1 Å². The number of nitrogens with zero attached hydrogens (tertiary/aromatic N) is 3. The first kappa shape index (κ1) is 13.8. The Morgan fingerprint density at radius 1 is 1.11 bits per heavy atom. The zero-order chi connectivity index (χ0) is 13.0. The summed E-state index contributed by atoms with van der Waals surface area (Å²) in [6.07, 6.45) is 2.31. The number of carbonyl (C=O) groups is 1. The normalized spacial score (nSPS) is 28.2. The monoisotopic (exact) mass is 254 g/mol. The van der Waals surface area contributed by atoms with E-state index < -0.39 is 0 Å². The van der Waals surface area contributed by atoms with Crippen LogP contribution in [-0.4, -0.2) is 86.6 Å². The van der Waals surface area contributed by atoms with Gasteiger partial charge in [-0.25, -0.2) is 0 Å². The fourth-order valence-corrected chi connectivity index (χ4v) is 2.77. The number of likely N-dealkylation sites (tertiary alicyclic amines) is 1. The summed E-state index contributed by atoms with van der Waals surface area (Å²) >= 11 is 0. The van der Waals surface area contributed by atoms with Gasteiger partial charge in [0.2, 0.25) is 5.91 Å². The number of nitrogens with one attached hydrogen (secondary N) is 1. The van der Waals surface area contributed by atoms with Crippen LogP contribution in [0.3, 0.4) is 0 Å². The van der Waals surface area contributed by atoms with Crippen molar-refractivity contribution >= 4 is 5.91 Å². The van der Waals surface area contributed by atoms with Crippen molar-refractivity contribution in [2.45, 2.75) is 18.9 Å². The molecule has 2 saturated heterocycles. The Morgan fingerprint density at radius 3 is 2.50 bits per heavy atom. The predicted octanol–water partition coefficient (Wildman–Crippen LogP) is -0.556. The van der Waals surface area contributed by atoms with Gasteiger partial charge in [0.15, 0.2) is 0 Å².